The van der Waals surface area contributed by atoms with Gasteiger partial charge in [0, 0.05) is 19.5 Å². The van der Waals surface area contributed by atoms with Gasteiger partial charge in [0.25, 0.3) is 0 Å². The number of aromatic nitrogens is 1. The zero-order chi connectivity index (χ0) is 11.9. The number of allylic oxidation sites excluding steroid dienone is 1. The Labute approximate surface area is 104 Å². The third kappa shape index (κ3) is 3.47. The molecule has 2 heteroatoms. The van der Waals surface area contributed by atoms with Crippen molar-refractivity contribution < 1.29 is 4.74 Å². The maximum absolute atomic E-state index is 5.10. The van der Waals surface area contributed by atoms with Crippen molar-refractivity contribution >= 4 is 0 Å². The van der Waals surface area contributed by atoms with E-state index in [0.29, 0.717) is 12.6 Å². The van der Waals surface area contributed by atoms with Gasteiger partial charge in [-0.25, -0.2) is 0 Å². The van der Waals surface area contributed by atoms with Gasteiger partial charge in [0.05, 0.1) is 12.6 Å². The van der Waals surface area contributed by atoms with Gasteiger partial charge >= 0.3 is 0 Å². The zero-order valence-electron chi connectivity index (χ0n) is 10.7. The average molecular weight is 233 g/mol. The van der Waals surface area contributed by atoms with Crippen LogP contribution in [0.25, 0.3) is 0 Å². The molecule has 0 N–H and O–H groups in total. The van der Waals surface area contributed by atoms with Crippen LogP contribution in [0.2, 0.25) is 0 Å². The molecule has 1 fully saturated rings. The Morgan fingerprint density at radius 3 is 2.59 bits per heavy atom. The lowest BCUT2D eigenvalue weighted by Gasteiger charge is -2.29. The van der Waals surface area contributed by atoms with Gasteiger partial charge in [-0.05, 0) is 30.9 Å². The predicted octanol–water partition coefficient (Wildman–Crippen LogP) is 3.81. The lowest BCUT2D eigenvalue weighted by Crippen LogP contribution is -2.19. The van der Waals surface area contributed by atoms with Gasteiger partial charge in [-0.15, -0.1) is 0 Å². The highest BCUT2D eigenvalue weighted by Gasteiger charge is 2.22. The summed E-state index contributed by atoms with van der Waals surface area (Å²) < 4.78 is 7.44. The first kappa shape index (κ1) is 12.4. The third-order valence-corrected chi connectivity index (χ3v) is 3.70. The van der Waals surface area contributed by atoms with Crippen molar-refractivity contribution in [1.82, 2.24) is 4.57 Å². The van der Waals surface area contributed by atoms with E-state index in [0.717, 1.165) is 5.92 Å². The first-order valence-electron chi connectivity index (χ1n) is 6.70. The Morgan fingerprint density at radius 1 is 1.24 bits per heavy atom. The van der Waals surface area contributed by atoms with Gasteiger partial charge in [0.2, 0.25) is 0 Å². The highest BCUT2D eigenvalue weighted by atomic mass is 16.5. The molecule has 0 aliphatic heterocycles. The summed E-state index contributed by atoms with van der Waals surface area (Å²) in [5, 5.41) is 0. The molecule has 1 heterocycles. The van der Waals surface area contributed by atoms with Crippen molar-refractivity contribution in [2.24, 2.45) is 5.92 Å². The van der Waals surface area contributed by atoms with Crippen molar-refractivity contribution in [1.29, 1.82) is 0 Å². The Balaban J connectivity index is 2.06. The van der Waals surface area contributed by atoms with E-state index in [1.54, 1.807) is 7.11 Å². The summed E-state index contributed by atoms with van der Waals surface area (Å²) in [6.07, 6.45) is 15.7. The summed E-state index contributed by atoms with van der Waals surface area (Å²) in [5.41, 5.74) is 0. The summed E-state index contributed by atoms with van der Waals surface area (Å²) in [6.45, 7) is 0.713. The summed E-state index contributed by atoms with van der Waals surface area (Å²) in [4.78, 5) is 0. The van der Waals surface area contributed by atoms with Crippen molar-refractivity contribution in [2.75, 3.05) is 13.7 Å². The monoisotopic (exact) mass is 233 g/mol. The highest BCUT2D eigenvalue weighted by Crippen LogP contribution is 2.33. The van der Waals surface area contributed by atoms with Crippen LogP contribution in [0.3, 0.4) is 0 Å². The average Bonchev–Trinajstić information content (AvgIpc) is 2.89. The molecule has 17 heavy (non-hydrogen) atoms. The van der Waals surface area contributed by atoms with Crippen molar-refractivity contribution in [3.63, 3.8) is 0 Å². The summed E-state index contributed by atoms with van der Waals surface area (Å²) in [7, 11) is 1.75. The normalized spacial score (nSPS) is 19.8. The fourth-order valence-electron chi connectivity index (χ4n) is 2.81. The fourth-order valence-corrected chi connectivity index (χ4v) is 2.81. The van der Waals surface area contributed by atoms with Gasteiger partial charge in [0.1, 0.15) is 0 Å². The maximum Gasteiger partial charge on any atom is 0.0644 e. The Kier molecular flexibility index (Phi) is 4.87. The van der Waals surface area contributed by atoms with Crippen LogP contribution in [0, 0.1) is 5.92 Å². The molecule has 1 aromatic rings. The molecule has 0 bridgehead atoms. The number of hydrogen-bond acceptors (Lipinski definition) is 1. The SMILES string of the molecule is COC/C=C/C(C1CCCCC1)n1cccc1. The molecule has 0 spiro atoms. The lowest BCUT2D eigenvalue weighted by atomic mass is 9.83. The smallest absolute Gasteiger partial charge is 0.0644 e. The van der Waals surface area contributed by atoms with E-state index < -0.39 is 0 Å². The van der Waals surface area contributed by atoms with Gasteiger partial charge in [-0.3, -0.25) is 0 Å². The second kappa shape index (κ2) is 6.65. The van der Waals surface area contributed by atoms with Gasteiger partial charge in [-0.1, -0.05) is 31.4 Å². The fraction of sp³-hybridized carbons (Fsp3) is 0.600. The molecule has 0 amide bonds. The van der Waals surface area contributed by atoms with Crippen LogP contribution in [-0.2, 0) is 4.74 Å². The Morgan fingerprint density at radius 2 is 1.94 bits per heavy atom. The van der Waals surface area contributed by atoms with Gasteiger partial charge in [-0.2, -0.15) is 0 Å². The van der Waals surface area contributed by atoms with Crippen LogP contribution in [0.4, 0.5) is 0 Å². The zero-order valence-corrected chi connectivity index (χ0v) is 10.7. The number of rotatable bonds is 5. The van der Waals surface area contributed by atoms with E-state index >= 15 is 0 Å². The highest BCUT2D eigenvalue weighted by molar-refractivity contribution is 5.02. The molecular formula is C15H23NO. The van der Waals surface area contributed by atoms with Crippen LogP contribution in [0.1, 0.15) is 38.1 Å². The molecule has 0 radical (unpaired) electrons. The predicted molar refractivity (Wildman–Crippen MR) is 71.1 cm³/mol. The molecule has 1 unspecified atom stereocenters. The van der Waals surface area contributed by atoms with Crippen LogP contribution in [-0.4, -0.2) is 18.3 Å². The van der Waals surface area contributed by atoms with Crippen LogP contribution < -0.4 is 0 Å². The Hall–Kier alpha value is -1.02. The molecule has 1 saturated carbocycles. The number of methoxy groups -OCH3 is 1. The summed E-state index contributed by atoms with van der Waals surface area (Å²) in [6, 6.07) is 4.74. The first-order chi connectivity index (χ1) is 8.42. The second-order valence-electron chi connectivity index (χ2n) is 4.90. The minimum atomic E-state index is 0.514. The van der Waals surface area contributed by atoms with Crippen LogP contribution in [0.5, 0.6) is 0 Å². The molecule has 1 aliphatic carbocycles. The Bertz CT molecular complexity index is 323. The topological polar surface area (TPSA) is 14.2 Å². The largest absolute Gasteiger partial charge is 0.381 e. The molecule has 2 rings (SSSR count). The molecule has 94 valence electrons. The summed E-state index contributed by atoms with van der Waals surface area (Å²) in [5.74, 6) is 0.796. The second-order valence-corrected chi connectivity index (χ2v) is 4.90. The van der Waals surface area contributed by atoms with E-state index in [4.69, 9.17) is 4.74 Å². The third-order valence-electron chi connectivity index (χ3n) is 3.70. The molecular weight excluding hydrogens is 210 g/mol. The molecule has 1 atom stereocenters. The number of ether oxygens (including phenoxy) is 1. The maximum atomic E-state index is 5.10. The number of hydrogen-bond donors (Lipinski definition) is 0. The standard InChI is InChI=1S/C15H23NO/c1-17-13-7-10-15(16-11-5-6-12-16)14-8-3-2-4-9-14/h5-7,10-12,14-15H,2-4,8-9,13H2,1H3/b10-7+. The van der Waals surface area contributed by atoms with Crippen molar-refractivity contribution in [2.45, 2.75) is 38.1 Å². The minimum Gasteiger partial charge on any atom is -0.381 e. The molecule has 0 aromatic carbocycles. The molecule has 2 nitrogen and oxygen atoms in total. The van der Waals surface area contributed by atoms with Crippen LogP contribution >= 0.6 is 0 Å². The number of nitrogens with zero attached hydrogens (tertiary/aromatic N) is 1. The molecule has 0 saturated heterocycles. The summed E-state index contributed by atoms with van der Waals surface area (Å²) >= 11 is 0. The minimum absolute atomic E-state index is 0.514. The quantitative estimate of drug-likeness (QED) is 0.705. The van der Waals surface area contributed by atoms with E-state index in [1.807, 2.05) is 0 Å². The first-order valence-corrected chi connectivity index (χ1v) is 6.70. The van der Waals surface area contributed by atoms with E-state index in [1.165, 1.54) is 32.1 Å². The van der Waals surface area contributed by atoms with Crippen LogP contribution in [0.15, 0.2) is 36.7 Å². The van der Waals surface area contributed by atoms with E-state index in [9.17, 15) is 0 Å². The molecule has 1 aliphatic rings. The van der Waals surface area contributed by atoms with Crippen molar-refractivity contribution in [3.8, 4) is 0 Å². The van der Waals surface area contributed by atoms with E-state index in [2.05, 4.69) is 41.2 Å². The lowest BCUT2D eigenvalue weighted by molar-refractivity contribution is 0.231. The molecule has 1 aromatic heterocycles. The van der Waals surface area contributed by atoms with Gasteiger partial charge in [0.15, 0.2) is 0 Å². The van der Waals surface area contributed by atoms with Crippen molar-refractivity contribution in [3.05, 3.63) is 36.7 Å². The van der Waals surface area contributed by atoms with Gasteiger partial charge < -0.3 is 9.30 Å². The van der Waals surface area contributed by atoms with E-state index in [-0.39, 0.29) is 0 Å².